The second-order valence-electron chi connectivity index (χ2n) is 6.80. The third-order valence-corrected chi connectivity index (χ3v) is 4.71. The number of carboxylic acid groups (broad SMARTS) is 1. The van der Waals surface area contributed by atoms with Crippen molar-refractivity contribution < 1.29 is 14.7 Å². The summed E-state index contributed by atoms with van der Waals surface area (Å²) in [4.78, 5) is 25.1. The van der Waals surface area contributed by atoms with Crippen LogP contribution in [0.1, 0.15) is 44.1 Å². The number of nitrogens with one attached hydrogen (secondary N) is 1. The molecule has 1 aromatic rings. The van der Waals surface area contributed by atoms with E-state index in [1.54, 1.807) is 4.90 Å². The fraction of sp³-hybridized carbons (Fsp3) is 0.579. The average molecular weight is 332 g/mol. The van der Waals surface area contributed by atoms with E-state index in [1.807, 2.05) is 37.4 Å². The first-order chi connectivity index (χ1) is 11.5. The van der Waals surface area contributed by atoms with Crippen LogP contribution >= 0.6 is 0 Å². The lowest BCUT2D eigenvalue weighted by Gasteiger charge is -2.25. The van der Waals surface area contributed by atoms with Crippen LogP contribution in [0.4, 0.5) is 4.79 Å². The van der Waals surface area contributed by atoms with Crippen molar-refractivity contribution in [1.82, 2.24) is 10.2 Å². The fourth-order valence-corrected chi connectivity index (χ4v) is 3.37. The molecule has 0 spiro atoms. The van der Waals surface area contributed by atoms with Crippen LogP contribution in [0.5, 0.6) is 0 Å². The number of urea groups is 1. The molecule has 0 heterocycles. The van der Waals surface area contributed by atoms with Gasteiger partial charge in [-0.3, -0.25) is 4.79 Å². The van der Waals surface area contributed by atoms with Gasteiger partial charge in [-0.05, 0) is 37.2 Å². The second kappa shape index (κ2) is 9.30. The van der Waals surface area contributed by atoms with Crippen molar-refractivity contribution in [1.29, 1.82) is 0 Å². The van der Waals surface area contributed by atoms with E-state index in [9.17, 15) is 9.59 Å². The van der Waals surface area contributed by atoms with Gasteiger partial charge in [-0.1, -0.05) is 43.2 Å². The molecule has 0 aromatic heterocycles. The molecule has 1 aliphatic rings. The van der Waals surface area contributed by atoms with Crippen LogP contribution in [0.25, 0.3) is 0 Å². The SMILES string of the molecule is CN(CC1CCCC1)C(=O)NC(CCC(=O)O)Cc1ccccc1. The number of benzene rings is 1. The molecule has 1 saturated carbocycles. The summed E-state index contributed by atoms with van der Waals surface area (Å²) in [5, 5.41) is 12.0. The maximum Gasteiger partial charge on any atom is 0.317 e. The van der Waals surface area contributed by atoms with Gasteiger partial charge in [0, 0.05) is 26.1 Å². The standard InChI is InChI=1S/C19H28N2O3/c1-21(14-16-9-5-6-10-16)19(24)20-17(11-12-18(22)23)13-15-7-3-2-4-8-15/h2-4,7-8,16-17H,5-6,9-14H2,1H3,(H,20,24)(H,22,23). The summed E-state index contributed by atoms with van der Waals surface area (Å²) in [5.41, 5.74) is 1.10. The predicted octanol–water partition coefficient (Wildman–Crippen LogP) is 3.29. The Morgan fingerprint density at radius 2 is 1.92 bits per heavy atom. The van der Waals surface area contributed by atoms with Crippen LogP contribution in [0, 0.1) is 5.92 Å². The summed E-state index contributed by atoms with van der Waals surface area (Å²) in [6.07, 6.45) is 6.06. The lowest BCUT2D eigenvalue weighted by Crippen LogP contribution is -2.45. The minimum atomic E-state index is -0.832. The number of aliphatic carboxylic acids is 1. The van der Waals surface area contributed by atoms with E-state index < -0.39 is 5.97 Å². The third kappa shape index (κ3) is 6.22. The molecule has 1 unspecified atom stereocenters. The van der Waals surface area contributed by atoms with E-state index in [1.165, 1.54) is 25.7 Å². The van der Waals surface area contributed by atoms with Crippen LogP contribution in [0.2, 0.25) is 0 Å². The Kier molecular flexibility index (Phi) is 7.09. The molecule has 0 saturated heterocycles. The molecule has 0 aliphatic heterocycles. The molecule has 1 atom stereocenters. The minimum Gasteiger partial charge on any atom is -0.481 e. The number of nitrogens with zero attached hydrogens (tertiary/aromatic N) is 1. The van der Waals surface area contributed by atoms with Gasteiger partial charge in [0.25, 0.3) is 0 Å². The zero-order chi connectivity index (χ0) is 17.4. The smallest absolute Gasteiger partial charge is 0.317 e. The van der Waals surface area contributed by atoms with E-state index in [4.69, 9.17) is 5.11 Å². The van der Waals surface area contributed by atoms with Crippen molar-refractivity contribution in [3.05, 3.63) is 35.9 Å². The van der Waals surface area contributed by atoms with Gasteiger partial charge in [0.15, 0.2) is 0 Å². The number of hydrogen-bond donors (Lipinski definition) is 2. The molecule has 132 valence electrons. The Labute approximate surface area is 144 Å². The number of carbonyl (C=O) groups is 2. The number of amides is 2. The van der Waals surface area contributed by atoms with Gasteiger partial charge < -0.3 is 15.3 Å². The summed E-state index contributed by atoms with van der Waals surface area (Å²) in [7, 11) is 1.82. The van der Waals surface area contributed by atoms with Crippen molar-refractivity contribution >= 4 is 12.0 Å². The van der Waals surface area contributed by atoms with E-state index in [2.05, 4.69) is 5.32 Å². The highest BCUT2D eigenvalue weighted by Gasteiger charge is 2.21. The second-order valence-corrected chi connectivity index (χ2v) is 6.80. The minimum absolute atomic E-state index is 0.0596. The molecule has 0 radical (unpaired) electrons. The van der Waals surface area contributed by atoms with Crippen LogP contribution in [0.3, 0.4) is 0 Å². The largest absolute Gasteiger partial charge is 0.481 e. The molecule has 1 aromatic carbocycles. The highest BCUT2D eigenvalue weighted by Crippen LogP contribution is 2.25. The number of carboxylic acids is 1. The van der Waals surface area contributed by atoms with Gasteiger partial charge >= 0.3 is 12.0 Å². The van der Waals surface area contributed by atoms with E-state index >= 15 is 0 Å². The maximum atomic E-state index is 12.4. The molecule has 0 bridgehead atoms. The Morgan fingerprint density at radius 1 is 1.25 bits per heavy atom. The van der Waals surface area contributed by atoms with Crippen LogP contribution < -0.4 is 5.32 Å². The van der Waals surface area contributed by atoms with Crippen LogP contribution in [-0.4, -0.2) is 41.6 Å². The molecular formula is C19H28N2O3. The van der Waals surface area contributed by atoms with Gasteiger partial charge in [0.1, 0.15) is 0 Å². The Bertz CT molecular complexity index is 527. The van der Waals surface area contributed by atoms with E-state index in [0.717, 1.165) is 12.1 Å². The lowest BCUT2D eigenvalue weighted by atomic mass is 10.0. The summed E-state index contributed by atoms with van der Waals surface area (Å²) in [5.74, 6) is -0.228. The van der Waals surface area contributed by atoms with Crippen molar-refractivity contribution in [2.45, 2.75) is 51.0 Å². The van der Waals surface area contributed by atoms with Crippen molar-refractivity contribution in [3.63, 3.8) is 0 Å². The summed E-state index contributed by atoms with van der Waals surface area (Å²) < 4.78 is 0. The van der Waals surface area contributed by atoms with Gasteiger partial charge in [0.05, 0.1) is 0 Å². The molecule has 5 nitrogen and oxygen atoms in total. The molecule has 5 heteroatoms. The highest BCUT2D eigenvalue weighted by atomic mass is 16.4. The van der Waals surface area contributed by atoms with Gasteiger partial charge in [0.2, 0.25) is 0 Å². The average Bonchev–Trinajstić information content (AvgIpc) is 3.06. The monoisotopic (exact) mass is 332 g/mol. The molecule has 2 amide bonds. The van der Waals surface area contributed by atoms with Gasteiger partial charge in [-0.2, -0.15) is 0 Å². The lowest BCUT2D eigenvalue weighted by molar-refractivity contribution is -0.137. The molecule has 1 aliphatic carbocycles. The van der Waals surface area contributed by atoms with Crippen LogP contribution in [-0.2, 0) is 11.2 Å². The maximum absolute atomic E-state index is 12.4. The van der Waals surface area contributed by atoms with Crippen LogP contribution in [0.15, 0.2) is 30.3 Å². The van der Waals surface area contributed by atoms with Crippen molar-refractivity contribution in [3.8, 4) is 0 Å². The molecule has 24 heavy (non-hydrogen) atoms. The zero-order valence-corrected chi connectivity index (χ0v) is 14.4. The van der Waals surface area contributed by atoms with Gasteiger partial charge in [-0.25, -0.2) is 4.79 Å². The van der Waals surface area contributed by atoms with Gasteiger partial charge in [-0.15, -0.1) is 0 Å². The first-order valence-corrected chi connectivity index (χ1v) is 8.82. The molecule has 2 N–H and O–H groups in total. The molecule has 1 fully saturated rings. The fourth-order valence-electron chi connectivity index (χ4n) is 3.37. The first kappa shape index (κ1) is 18.3. The van der Waals surface area contributed by atoms with E-state index in [-0.39, 0.29) is 18.5 Å². The topological polar surface area (TPSA) is 69.6 Å². The Hall–Kier alpha value is -2.04. The Balaban J connectivity index is 1.89. The molecular weight excluding hydrogens is 304 g/mol. The van der Waals surface area contributed by atoms with Crippen molar-refractivity contribution in [2.75, 3.05) is 13.6 Å². The first-order valence-electron chi connectivity index (χ1n) is 8.82. The molecule has 2 rings (SSSR count). The predicted molar refractivity (Wildman–Crippen MR) is 93.9 cm³/mol. The van der Waals surface area contributed by atoms with Crippen molar-refractivity contribution in [2.24, 2.45) is 5.92 Å². The normalized spacial score (nSPS) is 15.9. The number of hydrogen-bond acceptors (Lipinski definition) is 2. The summed E-state index contributed by atoms with van der Waals surface area (Å²) >= 11 is 0. The number of carbonyl (C=O) groups excluding carboxylic acids is 1. The number of rotatable bonds is 8. The Morgan fingerprint density at radius 3 is 2.54 bits per heavy atom. The third-order valence-electron chi connectivity index (χ3n) is 4.71. The quantitative estimate of drug-likeness (QED) is 0.767. The summed E-state index contributed by atoms with van der Waals surface area (Å²) in [6.45, 7) is 0.781. The summed E-state index contributed by atoms with van der Waals surface area (Å²) in [6, 6.07) is 9.60. The zero-order valence-electron chi connectivity index (χ0n) is 14.4. The van der Waals surface area contributed by atoms with E-state index in [0.29, 0.717) is 18.8 Å². The highest BCUT2D eigenvalue weighted by molar-refractivity contribution is 5.74.